The first-order chi connectivity index (χ1) is 20.4. The first kappa shape index (κ1) is 34.9. The summed E-state index contributed by atoms with van der Waals surface area (Å²) in [5.74, 6) is -0.139. The van der Waals surface area contributed by atoms with Crippen molar-refractivity contribution >= 4 is 11.9 Å². The second-order valence-corrected chi connectivity index (χ2v) is 15.5. The number of aliphatic hydroxyl groups excluding tert-OH is 3. The van der Waals surface area contributed by atoms with E-state index in [1.54, 1.807) is 0 Å². The predicted octanol–water partition coefficient (Wildman–Crippen LogP) is 5.38. The molecule has 0 radical (unpaired) electrons. The summed E-state index contributed by atoms with van der Waals surface area (Å²) in [5, 5.41) is 42.3. The Hall–Kier alpha value is -2.00. The van der Waals surface area contributed by atoms with Gasteiger partial charge in [0, 0.05) is 18.8 Å². The number of carbonyl (C=O) groups is 2. The average molecular weight is 617 g/mol. The van der Waals surface area contributed by atoms with Gasteiger partial charge in [-0.2, -0.15) is 0 Å². The summed E-state index contributed by atoms with van der Waals surface area (Å²) in [6, 6.07) is 0. The summed E-state index contributed by atoms with van der Waals surface area (Å²) in [4.78, 5) is 25.3. The van der Waals surface area contributed by atoms with Crippen molar-refractivity contribution in [3.63, 3.8) is 0 Å². The van der Waals surface area contributed by atoms with Gasteiger partial charge in [-0.15, -0.1) is 0 Å². The molecule has 0 aromatic rings. The monoisotopic (exact) mass is 616 g/mol. The molecule has 4 aliphatic rings. The number of hydrogen-bond acceptors (Lipinski definition) is 8. The minimum atomic E-state index is -1.62. The van der Waals surface area contributed by atoms with E-state index in [9.17, 15) is 30.0 Å². The molecular weight excluding hydrogens is 560 g/mol. The van der Waals surface area contributed by atoms with Crippen molar-refractivity contribution < 1.29 is 39.5 Å². The Labute approximate surface area is 263 Å². The van der Waals surface area contributed by atoms with Crippen LogP contribution in [0.5, 0.6) is 0 Å². The fourth-order valence-electron chi connectivity index (χ4n) is 9.60. The second-order valence-electron chi connectivity index (χ2n) is 15.5. The molecule has 248 valence electrons. The number of rotatable bonds is 10. The molecule has 0 amide bonds. The summed E-state index contributed by atoms with van der Waals surface area (Å²) in [5.41, 5.74) is 2.51. The maximum Gasteiger partial charge on any atom is 0.306 e. The maximum absolute atomic E-state index is 12.7. The van der Waals surface area contributed by atoms with Gasteiger partial charge in [0.15, 0.2) is 6.29 Å². The van der Waals surface area contributed by atoms with Crippen molar-refractivity contribution in [1.29, 1.82) is 0 Å². The lowest BCUT2D eigenvalue weighted by atomic mass is 9.45. The zero-order chi connectivity index (χ0) is 32.9. The van der Waals surface area contributed by atoms with Crippen LogP contribution >= 0.6 is 0 Å². The Bertz CT molecular complexity index is 1200. The molecule has 7 unspecified atom stereocenters. The highest BCUT2D eigenvalue weighted by molar-refractivity contribution is 5.70. The predicted molar refractivity (Wildman–Crippen MR) is 168 cm³/mol. The third-order valence-corrected chi connectivity index (χ3v) is 12.1. The third kappa shape index (κ3) is 5.96. The quantitative estimate of drug-likeness (QED) is 0.146. The average Bonchev–Trinajstić information content (AvgIpc) is 3.28. The van der Waals surface area contributed by atoms with Crippen molar-refractivity contribution in [1.82, 2.24) is 0 Å². The molecule has 0 saturated heterocycles. The van der Waals surface area contributed by atoms with Crippen LogP contribution in [0.15, 0.2) is 34.9 Å². The largest absolute Gasteiger partial charge is 0.460 e. The van der Waals surface area contributed by atoms with Crippen molar-refractivity contribution in [2.75, 3.05) is 0 Å². The van der Waals surface area contributed by atoms with Crippen LogP contribution < -0.4 is 0 Å². The van der Waals surface area contributed by atoms with Crippen LogP contribution in [0.25, 0.3) is 0 Å². The molecule has 8 heteroatoms. The minimum Gasteiger partial charge on any atom is -0.460 e. The fourth-order valence-corrected chi connectivity index (χ4v) is 9.60. The van der Waals surface area contributed by atoms with Crippen LogP contribution in [-0.2, 0) is 19.1 Å². The van der Waals surface area contributed by atoms with Crippen molar-refractivity contribution in [3.05, 3.63) is 34.9 Å². The molecule has 0 aliphatic heterocycles. The van der Waals surface area contributed by atoms with Gasteiger partial charge in [0.05, 0.1) is 12.5 Å². The number of fused-ring (bicyclic) bond motifs is 4. The minimum absolute atomic E-state index is 0.0197. The highest BCUT2D eigenvalue weighted by Gasteiger charge is 2.65. The fraction of sp³-hybridized carbons (Fsp3) is 0.778. The zero-order valence-electron chi connectivity index (χ0n) is 28.1. The van der Waals surface area contributed by atoms with Crippen molar-refractivity contribution in [2.24, 2.45) is 39.9 Å². The summed E-state index contributed by atoms with van der Waals surface area (Å²) in [6.07, 6.45) is 1.37. The van der Waals surface area contributed by atoms with Crippen molar-refractivity contribution in [2.45, 2.75) is 137 Å². The highest BCUT2D eigenvalue weighted by atomic mass is 16.6. The van der Waals surface area contributed by atoms with Gasteiger partial charge in [-0.05, 0) is 89.7 Å². The van der Waals surface area contributed by atoms with Gasteiger partial charge in [-0.3, -0.25) is 9.59 Å². The van der Waals surface area contributed by atoms with E-state index in [0.717, 1.165) is 48.8 Å². The van der Waals surface area contributed by atoms with Gasteiger partial charge in [0.2, 0.25) is 0 Å². The van der Waals surface area contributed by atoms with E-state index in [0.29, 0.717) is 18.3 Å². The summed E-state index contributed by atoms with van der Waals surface area (Å²) >= 11 is 0. The Kier molecular flexibility index (Phi) is 10.0. The Balaban J connectivity index is 1.74. The number of allylic oxidation sites excluding steroid dienone is 3. The van der Waals surface area contributed by atoms with Gasteiger partial charge in [0.25, 0.3) is 0 Å². The molecule has 4 aliphatic carbocycles. The Morgan fingerprint density at radius 3 is 2.30 bits per heavy atom. The van der Waals surface area contributed by atoms with E-state index in [1.165, 1.54) is 12.5 Å². The molecule has 0 aromatic heterocycles. The van der Waals surface area contributed by atoms with Crippen LogP contribution in [0.3, 0.4) is 0 Å². The number of carbonyl (C=O) groups excluding carboxylic acids is 2. The Morgan fingerprint density at radius 1 is 1.05 bits per heavy atom. The molecule has 9 atom stereocenters. The lowest BCUT2D eigenvalue weighted by Crippen LogP contribution is -2.63. The smallest absolute Gasteiger partial charge is 0.306 e. The lowest BCUT2D eigenvalue weighted by molar-refractivity contribution is -0.194. The summed E-state index contributed by atoms with van der Waals surface area (Å²) in [6.45, 7) is 20.5. The molecule has 4 rings (SSSR count). The molecule has 0 heterocycles. The van der Waals surface area contributed by atoms with Gasteiger partial charge >= 0.3 is 11.9 Å². The first-order valence-corrected chi connectivity index (χ1v) is 16.6. The highest BCUT2D eigenvalue weighted by Crippen LogP contribution is 2.67. The summed E-state index contributed by atoms with van der Waals surface area (Å²) in [7, 11) is 0. The standard InChI is InChI=1S/C36H56O8/c1-19(2)20(3)10-11-21(4)24-13-14-25-23-12-15-27-34(6,7)32(42)26(44-29(40)17-16-28(38)39)18-35(27,8)30(23)31(41)33(36(24,25)9)43-22(5)37/h14,19,21,24,26-28,31-33,38-39,41-42H,3,10-13,15-18H2,1-2,4-9H3/t21-,24-,26?,27?,31?,32?,33?,35?,36?/m1/s1. The van der Waals surface area contributed by atoms with E-state index in [1.807, 2.05) is 13.8 Å². The molecule has 0 aromatic carbocycles. The lowest BCUT2D eigenvalue weighted by Gasteiger charge is -2.62. The second kappa shape index (κ2) is 12.7. The van der Waals surface area contributed by atoms with E-state index in [4.69, 9.17) is 9.47 Å². The molecule has 8 nitrogen and oxygen atoms in total. The zero-order valence-corrected chi connectivity index (χ0v) is 28.1. The van der Waals surface area contributed by atoms with E-state index in [2.05, 4.69) is 47.3 Å². The van der Waals surface area contributed by atoms with Gasteiger partial charge in [-0.1, -0.05) is 66.7 Å². The molecule has 44 heavy (non-hydrogen) atoms. The molecular formula is C36H56O8. The van der Waals surface area contributed by atoms with Crippen LogP contribution in [0.4, 0.5) is 0 Å². The van der Waals surface area contributed by atoms with Crippen molar-refractivity contribution in [3.8, 4) is 0 Å². The molecule has 0 spiro atoms. The SMILES string of the molecule is C=C(CC[C@@H](C)[C@H]1CC=C2C3=C(C(O)C(OC(C)=O)C21C)C1(C)CC(OC(=O)CCC(O)O)C(O)C(C)(C)C1CC3)C(C)C. The molecule has 4 N–H and O–H groups in total. The van der Waals surface area contributed by atoms with Crippen LogP contribution in [0.1, 0.15) is 107 Å². The van der Waals surface area contributed by atoms with Crippen LogP contribution in [0.2, 0.25) is 0 Å². The third-order valence-electron chi connectivity index (χ3n) is 12.1. The topological polar surface area (TPSA) is 134 Å². The molecule has 1 fully saturated rings. The number of aliphatic hydroxyl groups is 4. The van der Waals surface area contributed by atoms with Gasteiger partial charge in [-0.25, -0.2) is 0 Å². The molecule has 1 saturated carbocycles. The summed E-state index contributed by atoms with van der Waals surface area (Å²) < 4.78 is 11.9. The van der Waals surface area contributed by atoms with Gasteiger partial charge < -0.3 is 29.9 Å². The van der Waals surface area contributed by atoms with Crippen LogP contribution in [0, 0.1) is 39.9 Å². The maximum atomic E-state index is 12.7. The number of hydrogen-bond donors (Lipinski definition) is 4. The first-order valence-electron chi connectivity index (χ1n) is 16.6. The normalized spacial score (nSPS) is 36.7. The van der Waals surface area contributed by atoms with E-state index in [-0.39, 0.29) is 24.7 Å². The van der Waals surface area contributed by atoms with E-state index < -0.39 is 58.9 Å². The number of esters is 2. The Morgan fingerprint density at radius 2 is 1.70 bits per heavy atom. The molecule has 0 bridgehead atoms. The van der Waals surface area contributed by atoms with Gasteiger partial charge in [0.1, 0.15) is 18.3 Å². The van der Waals surface area contributed by atoms with E-state index >= 15 is 0 Å². The van der Waals surface area contributed by atoms with Crippen LogP contribution in [-0.4, -0.2) is 63.1 Å². The number of ether oxygens (including phenoxy) is 2.